The maximum atomic E-state index is 13.7. The maximum Gasteiger partial charge on any atom is 0.261 e. The molecule has 0 saturated heterocycles. The summed E-state index contributed by atoms with van der Waals surface area (Å²) >= 11 is 0. The van der Waals surface area contributed by atoms with E-state index in [1.165, 1.54) is 31.6 Å². The first-order valence-electron chi connectivity index (χ1n) is 5.86. The van der Waals surface area contributed by atoms with E-state index < -0.39 is 5.82 Å². The second-order valence-corrected chi connectivity index (χ2v) is 4.03. The van der Waals surface area contributed by atoms with E-state index in [0.29, 0.717) is 11.6 Å². The third kappa shape index (κ3) is 2.50. The minimum atomic E-state index is -0.662. The standard InChI is InChI=1S/C13H9FN4O3/c1-20-11-5-10(15-6-16-11)12-17-13(21-18-12)8-3-2-7(19)4-9(8)14/h2-6,19H,1H3. The van der Waals surface area contributed by atoms with E-state index in [-0.39, 0.29) is 23.0 Å². The molecule has 1 aromatic carbocycles. The molecule has 21 heavy (non-hydrogen) atoms. The Labute approximate surface area is 118 Å². The number of ether oxygens (including phenoxy) is 1. The summed E-state index contributed by atoms with van der Waals surface area (Å²) in [5.41, 5.74) is 0.476. The Morgan fingerprint density at radius 1 is 1.24 bits per heavy atom. The van der Waals surface area contributed by atoms with Gasteiger partial charge in [-0.15, -0.1) is 0 Å². The number of benzene rings is 1. The lowest BCUT2D eigenvalue weighted by Crippen LogP contribution is -1.92. The summed E-state index contributed by atoms with van der Waals surface area (Å²) in [7, 11) is 1.47. The molecule has 2 heterocycles. The SMILES string of the molecule is COc1cc(-c2noc(-c3ccc(O)cc3F)n2)ncn1. The smallest absolute Gasteiger partial charge is 0.261 e. The van der Waals surface area contributed by atoms with E-state index in [4.69, 9.17) is 9.26 Å². The van der Waals surface area contributed by atoms with Gasteiger partial charge in [0.1, 0.15) is 23.6 Å². The highest BCUT2D eigenvalue weighted by Crippen LogP contribution is 2.26. The van der Waals surface area contributed by atoms with Crippen molar-refractivity contribution >= 4 is 0 Å². The number of methoxy groups -OCH3 is 1. The highest BCUT2D eigenvalue weighted by atomic mass is 19.1. The maximum absolute atomic E-state index is 13.7. The van der Waals surface area contributed by atoms with E-state index in [9.17, 15) is 9.50 Å². The number of hydrogen-bond donors (Lipinski definition) is 1. The van der Waals surface area contributed by atoms with Gasteiger partial charge in [0.2, 0.25) is 11.7 Å². The molecule has 106 valence electrons. The summed E-state index contributed by atoms with van der Waals surface area (Å²) in [6.45, 7) is 0. The number of rotatable bonds is 3. The van der Waals surface area contributed by atoms with Crippen LogP contribution >= 0.6 is 0 Å². The second kappa shape index (κ2) is 5.16. The zero-order chi connectivity index (χ0) is 14.8. The third-order valence-electron chi connectivity index (χ3n) is 2.69. The zero-order valence-corrected chi connectivity index (χ0v) is 10.8. The Kier molecular flexibility index (Phi) is 3.19. The molecule has 2 aromatic heterocycles. The number of phenols is 1. The minimum absolute atomic E-state index is 0.0138. The van der Waals surface area contributed by atoms with Gasteiger partial charge in [-0.05, 0) is 12.1 Å². The van der Waals surface area contributed by atoms with Gasteiger partial charge < -0.3 is 14.4 Å². The van der Waals surface area contributed by atoms with Crippen LogP contribution in [-0.4, -0.2) is 32.3 Å². The molecule has 0 bridgehead atoms. The highest BCUT2D eigenvalue weighted by molar-refractivity contribution is 5.59. The van der Waals surface area contributed by atoms with Crippen LogP contribution in [0.2, 0.25) is 0 Å². The third-order valence-corrected chi connectivity index (χ3v) is 2.69. The van der Waals surface area contributed by atoms with Gasteiger partial charge in [-0.1, -0.05) is 5.16 Å². The van der Waals surface area contributed by atoms with Gasteiger partial charge >= 0.3 is 0 Å². The van der Waals surface area contributed by atoms with Crippen LogP contribution in [0.1, 0.15) is 0 Å². The van der Waals surface area contributed by atoms with Gasteiger partial charge in [-0.3, -0.25) is 0 Å². The van der Waals surface area contributed by atoms with Crippen molar-refractivity contribution < 1.29 is 18.8 Å². The van der Waals surface area contributed by atoms with Crippen LogP contribution in [0.25, 0.3) is 23.0 Å². The Hall–Kier alpha value is -3.03. The first kappa shape index (κ1) is 13.0. The largest absolute Gasteiger partial charge is 0.508 e. The van der Waals surface area contributed by atoms with Gasteiger partial charge in [-0.2, -0.15) is 4.98 Å². The van der Waals surface area contributed by atoms with Gasteiger partial charge in [0.15, 0.2) is 0 Å². The van der Waals surface area contributed by atoms with Gasteiger partial charge in [-0.25, -0.2) is 14.4 Å². The first-order valence-corrected chi connectivity index (χ1v) is 5.86. The van der Waals surface area contributed by atoms with Crippen LogP contribution in [0.3, 0.4) is 0 Å². The lowest BCUT2D eigenvalue weighted by molar-refractivity contribution is 0.397. The molecule has 1 N–H and O–H groups in total. The topological polar surface area (TPSA) is 94.2 Å². The summed E-state index contributed by atoms with van der Waals surface area (Å²) in [6.07, 6.45) is 1.30. The molecular weight excluding hydrogens is 279 g/mol. The van der Waals surface area contributed by atoms with Crippen molar-refractivity contribution in [2.24, 2.45) is 0 Å². The van der Waals surface area contributed by atoms with Crippen LogP contribution in [0.5, 0.6) is 11.6 Å². The van der Waals surface area contributed by atoms with Crippen LogP contribution in [-0.2, 0) is 0 Å². The predicted octanol–water partition coefficient (Wildman–Crippen LogP) is 2.05. The highest BCUT2D eigenvalue weighted by Gasteiger charge is 2.16. The molecule has 3 aromatic rings. The fourth-order valence-electron chi connectivity index (χ4n) is 1.69. The summed E-state index contributed by atoms with van der Waals surface area (Å²) in [5.74, 6) is -0.331. The first-order chi connectivity index (χ1) is 10.2. The second-order valence-electron chi connectivity index (χ2n) is 4.03. The predicted molar refractivity (Wildman–Crippen MR) is 68.9 cm³/mol. The van der Waals surface area contributed by atoms with Crippen molar-refractivity contribution in [2.75, 3.05) is 7.11 Å². The summed E-state index contributed by atoms with van der Waals surface area (Å²) in [5, 5.41) is 12.9. The lowest BCUT2D eigenvalue weighted by atomic mass is 10.2. The summed E-state index contributed by atoms with van der Waals surface area (Å²) in [6, 6.07) is 5.17. The summed E-state index contributed by atoms with van der Waals surface area (Å²) in [4.78, 5) is 11.9. The number of phenolic OH excluding ortho intramolecular Hbond substituents is 1. The lowest BCUT2D eigenvalue weighted by Gasteiger charge is -1.98. The number of halogens is 1. The molecule has 3 rings (SSSR count). The quantitative estimate of drug-likeness (QED) is 0.788. The minimum Gasteiger partial charge on any atom is -0.508 e. The molecule has 7 nitrogen and oxygen atoms in total. The van der Waals surface area contributed by atoms with Gasteiger partial charge in [0.05, 0.1) is 12.7 Å². The van der Waals surface area contributed by atoms with Crippen LogP contribution in [0.4, 0.5) is 4.39 Å². The fourth-order valence-corrected chi connectivity index (χ4v) is 1.69. The normalized spacial score (nSPS) is 10.6. The molecule has 0 aliphatic rings. The molecule has 8 heteroatoms. The fraction of sp³-hybridized carbons (Fsp3) is 0.0769. The van der Waals surface area contributed by atoms with E-state index in [0.717, 1.165) is 6.07 Å². The number of nitrogens with zero attached hydrogens (tertiary/aromatic N) is 4. The Morgan fingerprint density at radius 2 is 2.10 bits per heavy atom. The van der Waals surface area contributed by atoms with E-state index in [1.807, 2.05) is 0 Å². The number of aromatic nitrogens is 4. The van der Waals surface area contributed by atoms with E-state index in [1.54, 1.807) is 0 Å². The average Bonchev–Trinajstić information content (AvgIpc) is 2.97. The molecular formula is C13H9FN4O3. The molecule has 0 atom stereocenters. The molecule has 0 radical (unpaired) electrons. The molecule has 0 unspecified atom stereocenters. The van der Waals surface area contributed by atoms with Crippen LogP contribution in [0, 0.1) is 5.82 Å². The van der Waals surface area contributed by atoms with Crippen molar-refractivity contribution in [3.8, 4) is 34.6 Å². The van der Waals surface area contributed by atoms with E-state index >= 15 is 0 Å². The van der Waals surface area contributed by atoms with Crippen LogP contribution in [0.15, 0.2) is 35.1 Å². The molecule has 0 fully saturated rings. The molecule has 0 saturated carbocycles. The zero-order valence-electron chi connectivity index (χ0n) is 10.8. The Balaban J connectivity index is 1.99. The molecule has 0 aliphatic carbocycles. The number of hydrogen-bond acceptors (Lipinski definition) is 7. The van der Waals surface area contributed by atoms with Crippen molar-refractivity contribution in [2.45, 2.75) is 0 Å². The van der Waals surface area contributed by atoms with E-state index in [2.05, 4.69) is 20.1 Å². The average molecular weight is 288 g/mol. The monoisotopic (exact) mass is 288 g/mol. The number of aromatic hydroxyl groups is 1. The summed E-state index contributed by atoms with van der Waals surface area (Å²) < 4.78 is 23.7. The van der Waals surface area contributed by atoms with Crippen molar-refractivity contribution in [1.82, 2.24) is 20.1 Å². The Bertz CT molecular complexity index is 791. The van der Waals surface area contributed by atoms with Crippen molar-refractivity contribution in [1.29, 1.82) is 0 Å². The molecule has 0 spiro atoms. The van der Waals surface area contributed by atoms with Crippen molar-refractivity contribution in [3.05, 3.63) is 36.4 Å². The Morgan fingerprint density at radius 3 is 2.86 bits per heavy atom. The van der Waals surface area contributed by atoms with Crippen LogP contribution < -0.4 is 4.74 Å². The molecule has 0 amide bonds. The molecule has 0 aliphatic heterocycles. The van der Waals surface area contributed by atoms with Crippen molar-refractivity contribution in [3.63, 3.8) is 0 Å². The van der Waals surface area contributed by atoms with Gasteiger partial charge in [0, 0.05) is 12.1 Å². The van der Waals surface area contributed by atoms with Gasteiger partial charge in [0.25, 0.3) is 5.89 Å².